The highest BCUT2D eigenvalue weighted by atomic mass is 32.2. The largest absolute Gasteiger partial charge is 0.478 e. The van der Waals surface area contributed by atoms with Crippen molar-refractivity contribution in [2.75, 3.05) is 17.3 Å². The number of amides is 1. The van der Waals surface area contributed by atoms with E-state index in [1.54, 1.807) is 19.1 Å². The van der Waals surface area contributed by atoms with E-state index in [-0.39, 0.29) is 17.7 Å². The van der Waals surface area contributed by atoms with Crippen molar-refractivity contribution in [2.24, 2.45) is 0 Å². The maximum atomic E-state index is 11.5. The molecule has 0 saturated heterocycles. The molecule has 2 N–H and O–H groups in total. The molecular formula is C12H15NO5S. The summed E-state index contributed by atoms with van der Waals surface area (Å²) in [6.45, 7) is 1.65. The van der Waals surface area contributed by atoms with Crippen LogP contribution in [0.2, 0.25) is 0 Å². The molecule has 0 saturated carbocycles. The van der Waals surface area contributed by atoms with Crippen LogP contribution < -0.4 is 5.32 Å². The van der Waals surface area contributed by atoms with Crippen molar-refractivity contribution in [1.82, 2.24) is 0 Å². The lowest BCUT2D eigenvalue weighted by molar-refractivity contribution is -0.115. The quantitative estimate of drug-likeness (QED) is 0.842. The van der Waals surface area contributed by atoms with Crippen LogP contribution in [0.25, 0.3) is 0 Å². The molecule has 0 aliphatic heterocycles. The average molecular weight is 285 g/mol. The summed E-state index contributed by atoms with van der Waals surface area (Å²) in [7, 11) is -3.19. The zero-order valence-electron chi connectivity index (χ0n) is 10.6. The van der Waals surface area contributed by atoms with E-state index < -0.39 is 21.7 Å². The molecule has 1 amide bonds. The molecule has 0 fully saturated rings. The van der Waals surface area contributed by atoms with Crippen LogP contribution in [0.3, 0.4) is 0 Å². The van der Waals surface area contributed by atoms with E-state index in [2.05, 4.69) is 5.32 Å². The van der Waals surface area contributed by atoms with E-state index in [0.717, 1.165) is 6.26 Å². The highest BCUT2D eigenvalue weighted by Gasteiger charge is 2.11. The van der Waals surface area contributed by atoms with Crippen LogP contribution in [-0.4, -0.2) is 37.4 Å². The van der Waals surface area contributed by atoms with Crippen molar-refractivity contribution in [3.05, 3.63) is 29.3 Å². The van der Waals surface area contributed by atoms with Crippen LogP contribution in [0.5, 0.6) is 0 Å². The number of hydrogen-bond donors (Lipinski definition) is 2. The summed E-state index contributed by atoms with van der Waals surface area (Å²) < 4.78 is 21.8. The third-order valence-corrected chi connectivity index (χ3v) is 3.40. The first-order valence-corrected chi connectivity index (χ1v) is 7.56. The number of carbonyl (C=O) groups is 2. The Labute approximate surface area is 111 Å². The molecule has 1 aromatic rings. The van der Waals surface area contributed by atoms with Crippen LogP contribution in [-0.2, 0) is 14.6 Å². The lowest BCUT2D eigenvalue weighted by atomic mass is 10.1. The topological polar surface area (TPSA) is 101 Å². The Kier molecular flexibility index (Phi) is 4.66. The van der Waals surface area contributed by atoms with Gasteiger partial charge in [-0.05, 0) is 24.6 Å². The molecule has 0 aromatic heterocycles. The van der Waals surface area contributed by atoms with Crippen molar-refractivity contribution < 1.29 is 23.1 Å². The first kappa shape index (κ1) is 15.2. The summed E-state index contributed by atoms with van der Waals surface area (Å²) in [6.07, 6.45) is 0.893. The molecular weight excluding hydrogens is 270 g/mol. The summed E-state index contributed by atoms with van der Waals surface area (Å²) in [5, 5.41) is 11.4. The van der Waals surface area contributed by atoms with Gasteiger partial charge in [-0.15, -0.1) is 0 Å². The molecule has 19 heavy (non-hydrogen) atoms. The second-order valence-corrected chi connectivity index (χ2v) is 6.52. The minimum Gasteiger partial charge on any atom is -0.478 e. The van der Waals surface area contributed by atoms with Crippen LogP contribution in [0.1, 0.15) is 22.3 Å². The van der Waals surface area contributed by atoms with E-state index in [0.29, 0.717) is 11.3 Å². The molecule has 0 spiro atoms. The monoisotopic (exact) mass is 285 g/mol. The Bertz CT molecular complexity index is 607. The summed E-state index contributed by atoms with van der Waals surface area (Å²) in [4.78, 5) is 22.4. The van der Waals surface area contributed by atoms with Gasteiger partial charge in [0, 0.05) is 18.4 Å². The van der Waals surface area contributed by atoms with Gasteiger partial charge in [-0.2, -0.15) is 0 Å². The molecule has 0 aliphatic carbocycles. The number of carboxylic acid groups (broad SMARTS) is 1. The number of hydrogen-bond acceptors (Lipinski definition) is 4. The van der Waals surface area contributed by atoms with Gasteiger partial charge in [0.1, 0.15) is 9.84 Å². The maximum absolute atomic E-state index is 11.5. The second kappa shape index (κ2) is 5.83. The van der Waals surface area contributed by atoms with E-state index in [9.17, 15) is 18.0 Å². The molecule has 104 valence electrons. The molecule has 0 radical (unpaired) electrons. The first-order chi connectivity index (χ1) is 8.69. The number of aromatic carboxylic acids is 1. The summed E-state index contributed by atoms with van der Waals surface area (Å²) in [6, 6.07) is 4.49. The van der Waals surface area contributed by atoms with Crippen molar-refractivity contribution in [2.45, 2.75) is 13.3 Å². The predicted molar refractivity (Wildman–Crippen MR) is 71.1 cm³/mol. The number of benzene rings is 1. The molecule has 0 atom stereocenters. The van der Waals surface area contributed by atoms with E-state index in [4.69, 9.17) is 5.11 Å². The Balaban J connectivity index is 2.75. The average Bonchev–Trinajstić information content (AvgIpc) is 2.28. The fraction of sp³-hybridized carbons (Fsp3) is 0.333. The number of sulfone groups is 1. The molecule has 6 nitrogen and oxygen atoms in total. The maximum Gasteiger partial charge on any atom is 0.336 e. The molecule has 1 aromatic carbocycles. The van der Waals surface area contributed by atoms with Crippen LogP contribution in [0.15, 0.2) is 18.2 Å². The van der Waals surface area contributed by atoms with Crippen molar-refractivity contribution in [1.29, 1.82) is 0 Å². The number of rotatable bonds is 5. The fourth-order valence-corrected chi connectivity index (χ4v) is 1.99. The molecule has 0 bridgehead atoms. The number of nitrogens with one attached hydrogen (secondary N) is 1. The van der Waals surface area contributed by atoms with Gasteiger partial charge >= 0.3 is 5.97 Å². The zero-order valence-corrected chi connectivity index (χ0v) is 11.5. The van der Waals surface area contributed by atoms with Gasteiger partial charge in [0.25, 0.3) is 0 Å². The smallest absolute Gasteiger partial charge is 0.336 e. The third-order valence-electron chi connectivity index (χ3n) is 2.45. The van der Waals surface area contributed by atoms with Crippen LogP contribution in [0, 0.1) is 6.92 Å². The molecule has 0 unspecified atom stereocenters. The molecule has 1 rings (SSSR count). The lowest BCUT2D eigenvalue weighted by Crippen LogP contribution is -2.16. The van der Waals surface area contributed by atoms with Crippen LogP contribution >= 0.6 is 0 Å². The highest BCUT2D eigenvalue weighted by molar-refractivity contribution is 7.90. The van der Waals surface area contributed by atoms with E-state index >= 15 is 0 Å². The van der Waals surface area contributed by atoms with Gasteiger partial charge in [0.2, 0.25) is 5.91 Å². The van der Waals surface area contributed by atoms with Gasteiger partial charge in [-0.25, -0.2) is 13.2 Å². The van der Waals surface area contributed by atoms with Gasteiger partial charge in [0.15, 0.2) is 0 Å². The number of aryl methyl sites for hydroxylation is 1. The Hall–Kier alpha value is -1.89. The Morgan fingerprint density at radius 3 is 2.47 bits per heavy atom. The van der Waals surface area contributed by atoms with Gasteiger partial charge in [-0.1, -0.05) is 6.07 Å². The van der Waals surface area contributed by atoms with Gasteiger partial charge < -0.3 is 10.4 Å². The van der Waals surface area contributed by atoms with Crippen molar-refractivity contribution >= 4 is 27.4 Å². The van der Waals surface area contributed by atoms with Gasteiger partial charge in [0.05, 0.1) is 11.3 Å². The standard InChI is InChI=1S/C12H15NO5S/c1-8-3-4-9(7-10(8)12(15)16)13-11(14)5-6-19(2,17)18/h3-4,7H,5-6H2,1-2H3,(H,13,14)(H,15,16). The normalized spacial score (nSPS) is 11.1. The molecule has 7 heteroatoms. The van der Waals surface area contributed by atoms with Crippen LogP contribution in [0.4, 0.5) is 5.69 Å². The fourth-order valence-electron chi connectivity index (χ4n) is 1.43. The molecule has 0 aliphatic rings. The second-order valence-electron chi connectivity index (χ2n) is 4.26. The van der Waals surface area contributed by atoms with Crippen molar-refractivity contribution in [3.63, 3.8) is 0 Å². The molecule has 0 heterocycles. The number of anilines is 1. The van der Waals surface area contributed by atoms with Crippen molar-refractivity contribution in [3.8, 4) is 0 Å². The highest BCUT2D eigenvalue weighted by Crippen LogP contribution is 2.15. The van der Waals surface area contributed by atoms with E-state index in [1.807, 2.05) is 0 Å². The lowest BCUT2D eigenvalue weighted by Gasteiger charge is -2.07. The zero-order chi connectivity index (χ0) is 14.6. The predicted octanol–water partition coefficient (Wildman–Crippen LogP) is 1.07. The Morgan fingerprint density at radius 2 is 1.95 bits per heavy atom. The minimum absolute atomic E-state index is 0.0981. The third kappa shape index (κ3) is 5.09. The van der Waals surface area contributed by atoms with E-state index in [1.165, 1.54) is 6.07 Å². The van der Waals surface area contributed by atoms with Gasteiger partial charge in [-0.3, -0.25) is 4.79 Å². The number of carboxylic acids is 1. The summed E-state index contributed by atoms with van der Waals surface area (Å²) >= 11 is 0. The minimum atomic E-state index is -3.19. The number of carbonyl (C=O) groups excluding carboxylic acids is 1. The summed E-state index contributed by atoms with van der Waals surface area (Å²) in [5.41, 5.74) is 1.02. The Morgan fingerprint density at radius 1 is 1.32 bits per heavy atom. The summed E-state index contributed by atoms with van der Waals surface area (Å²) in [5.74, 6) is -1.79. The first-order valence-electron chi connectivity index (χ1n) is 5.50. The SMILES string of the molecule is Cc1ccc(NC(=O)CCS(C)(=O)=O)cc1C(=O)O.